The zero-order valence-electron chi connectivity index (χ0n) is 6.94. The second-order valence-electron chi connectivity index (χ2n) is 2.73. The van der Waals surface area contributed by atoms with E-state index in [0.29, 0.717) is 13.1 Å². The topological polar surface area (TPSA) is 56.7 Å². The van der Waals surface area contributed by atoms with E-state index < -0.39 is 0 Å². The zero-order valence-corrected chi connectivity index (χ0v) is 8.53. The van der Waals surface area contributed by atoms with E-state index >= 15 is 0 Å². The average molecular weight is 241 g/mol. The van der Waals surface area contributed by atoms with Crippen LogP contribution in [0.4, 0.5) is 0 Å². The van der Waals surface area contributed by atoms with Crippen LogP contribution in [0, 0.1) is 0 Å². The van der Waals surface area contributed by atoms with E-state index in [1.165, 1.54) is 0 Å². The molecule has 0 spiro atoms. The molecule has 1 aromatic heterocycles. The summed E-state index contributed by atoms with van der Waals surface area (Å²) >= 11 is 3.40. The van der Waals surface area contributed by atoms with Gasteiger partial charge >= 0.3 is 0 Å². The number of benzene rings is 1. The lowest BCUT2D eigenvalue weighted by Gasteiger charge is -1.98. The molecule has 0 saturated carbocycles. The molecule has 0 aliphatic carbocycles. The van der Waals surface area contributed by atoms with Crippen molar-refractivity contribution in [3.05, 3.63) is 22.7 Å². The lowest BCUT2D eigenvalue weighted by Crippen LogP contribution is -2.10. The third kappa shape index (κ3) is 1.57. The van der Waals surface area contributed by atoms with Crippen molar-refractivity contribution in [3.8, 4) is 0 Å². The highest BCUT2D eigenvalue weighted by molar-refractivity contribution is 9.10. The Morgan fingerprint density at radius 2 is 2.31 bits per heavy atom. The Morgan fingerprint density at radius 3 is 3.08 bits per heavy atom. The van der Waals surface area contributed by atoms with Gasteiger partial charge in [0.15, 0.2) is 0 Å². The second-order valence-corrected chi connectivity index (χ2v) is 3.65. The van der Waals surface area contributed by atoms with Crippen LogP contribution in [-0.4, -0.2) is 21.5 Å². The molecule has 0 saturated heterocycles. The van der Waals surface area contributed by atoms with E-state index in [2.05, 4.69) is 26.2 Å². The first-order valence-corrected chi connectivity index (χ1v) is 4.79. The molecule has 13 heavy (non-hydrogen) atoms. The molecule has 5 heteroatoms. The Balaban J connectivity index is 2.58. The third-order valence-corrected chi connectivity index (χ3v) is 2.31. The molecule has 0 bridgehead atoms. The van der Waals surface area contributed by atoms with Gasteiger partial charge in [0, 0.05) is 11.0 Å². The van der Waals surface area contributed by atoms with Crippen LogP contribution in [0.5, 0.6) is 0 Å². The molecule has 2 aromatic rings. The van der Waals surface area contributed by atoms with E-state index in [0.717, 1.165) is 15.5 Å². The standard InChI is InChI=1S/C8H9BrN4/c9-6-1-2-7-8(5-6)13(4-3-10)12-11-7/h1-2,5H,3-4,10H2. The molecule has 4 nitrogen and oxygen atoms in total. The summed E-state index contributed by atoms with van der Waals surface area (Å²) < 4.78 is 2.83. The molecule has 0 amide bonds. The van der Waals surface area contributed by atoms with Crippen molar-refractivity contribution in [3.63, 3.8) is 0 Å². The molecule has 0 fully saturated rings. The summed E-state index contributed by atoms with van der Waals surface area (Å²) in [6, 6.07) is 5.87. The smallest absolute Gasteiger partial charge is 0.113 e. The number of nitrogens with two attached hydrogens (primary N) is 1. The predicted octanol–water partition coefficient (Wildman–Crippen LogP) is 1.15. The maximum absolute atomic E-state index is 5.45. The molecule has 0 aliphatic rings. The van der Waals surface area contributed by atoms with Crippen molar-refractivity contribution in [2.75, 3.05) is 6.54 Å². The lowest BCUT2D eigenvalue weighted by molar-refractivity contribution is 0.616. The van der Waals surface area contributed by atoms with Gasteiger partial charge < -0.3 is 5.73 Å². The van der Waals surface area contributed by atoms with E-state index in [1.807, 2.05) is 18.2 Å². The van der Waals surface area contributed by atoms with Crippen LogP contribution in [0.1, 0.15) is 0 Å². The summed E-state index contributed by atoms with van der Waals surface area (Å²) in [5.74, 6) is 0. The maximum Gasteiger partial charge on any atom is 0.113 e. The van der Waals surface area contributed by atoms with Gasteiger partial charge in [-0.05, 0) is 18.2 Å². The van der Waals surface area contributed by atoms with Crippen LogP contribution >= 0.6 is 15.9 Å². The largest absolute Gasteiger partial charge is 0.329 e. The third-order valence-electron chi connectivity index (χ3n) is 1.82. The Bertz CT molecular complexity index is 423. The molecule has 0 radical (unpaired) electrons. The number of hydrogen-bond acceptors (Lipinski definition) is 3. The Morgan fingerprint density at radius 1 is 1.46 bits per heavy atom. The Hall–Kier alpha value is -0.940. The van der Waals surface area contributed by atoms with Gasteiger partial charge in [-0.3, -0.25) is 0 Å². The predicted molar refractivity (Wildman–Crippen MR) is 54.3 cm³/mol. The first-order valence-electron chi connectivity index (χ1n) is 4.00. The SMILES string of the molecule is NCCn1nnc2ccc(Br)cc21. The van der Waals surface area contributed by atoms with Crippen LogP contribution in [0.25, 0.3) is 11.0 Å². The van der Waals surface area contributed by atoms with Gasteiger partial charge in [-0.1, -0.05) is 21.1 Å². The highest BCUT2D eigenvalue weighted by atomic mass is 79.9. The van der Waals surface area contributed by atoms with Crippen molar-refractivity contribution in [2.24, 2.45) is 5.73 Å². The van der Waals surface area contributed by atoms with Gasteiger partial charge in [-0.2, -0.15) is 0 Å². The number of nitrogens with zero attached hydrogens (tertiary/aromatic N) is 3. The summed E-state index contributed by atoms with van der Waals surface area (Å²) in [5, 5.41) is 8.01. The maximum atomic E-state index is 5.45. The summed E-state index contributed by atoms with van der Waals surface area (Å²) in [6.45, 7) is 1.28. The summed E-state index contributed by atoms with van der Waals surface area (Å²) in [6.07, 6.45) is 0. The van der Waals surface area contributed by atoms with Gasteiger partial charge in [0.2, 0.25) is 0 Å². The lowest BCUT2D eigenvalue weighted by atomic mass is 10.3. The molecule has 1 aromatic carbocycles. The summed E-state index contributed by atoms with van der Waals surface area (Å²) in [4.78, 5) is 0. The highest BCUT2D eigenvalue weighted by Crippen LogP contribution is 2.17. The van der Waals surface area contributed by atoms with Crippen molar-refractivity contribution >= 4 is 27.0 Å². The first kappa shape index (κ1) is 8.65. The number of rotatable bonds is 2. The van der Waals surface area contributed by atoms with Gasteiger partial charge in [0.05, 0.1) is 12.1 Å². The molecule has 2 rings (SSSR count). The monoisotopic (exact) mass is 240 g/mol. The minimum absolute atomic E-state index is 0.574. The number of halogens is 1. The number of aromatic nitrogens is 3. The van der Waals surface area contributed by atoms with Crippen LogP contribution in [0.2, 0.25) is 0 Å². The van der Waals surface area contributed by atoms with Crippen molar-refractivity contribution in [2.45, 2.75) is 6.54 Å². The molecule has 1 heterocycles. The minimum Gasteiger partial charge on any atom is -0.329 e. The van der Waals surface area contributed by atoms with Crippen LogP contribution in [0.3, 0.4) is 0 Å². The van der Waals surface area contributed by atoms with Crippen LogP contribution in [0.15, 0.2) is 22.7 Å². The molecule has 68 valence electrons. The van der Waals surface area contributed by atoms with Crippen molar-refractivity contribution in [1.29, 1.82) is 0 Å². The first-order chi connectivity index (χ1) is 6.31. The van der Waals surface area contributed by atoms with E-state index in [-0.39, 0.29) is 0 Å². The Labute approximate surface area is 83.8 Å². The van der Waals surface area contributed by atoms with Crippen LogP contribution < -0.4 is 5.73 Å². The summed E-state index contributed by atoms with van der Waals surface area (Å²) in [5.41, 5.74) is 7.36. The van der Waals surface area contributed by atoms with Crippen molar-refractivity contribution < 1.29 is 0 Å². The Kier molecular flexibility index (Phi) is 2.28. The molecule has 0 atom stereocenters. The van der Waals surface area contributed by atoms with Gasteiger partial charge in [0.1, 0.15) is 5.52 Å². The van der Waals surface area contributed by atoms with Crippen molar-refractivity contribution in [1.82, 2.24) is 15.0 Å². The fourth-order valence-corrected chi connectivity index (χ4v) is 1.57. The van der Waals surface area contributed by atoms with Gasteiger partial charge in [0.25, 0.3) is 0 Å². The molecule has 0 aliphatic heterocycles. The average Bonchev–Trinajstić information content (AvgIpc) is 2.49. The molecule has 0 unspecified atom stereocenters. The van der Waals surface area contributed by atoms with Crippen LogP contribution in [-0.2, 0) is 6.54 Å². The zero-order chi connectivity index (χ0) is 9.26. The second kappa shape index (κ2) is 3.43. The minimum atomic E-state index is 0.574. The number of hydrogen-bond donors (Lipinski definition) is 1. The fourth-order valence-electron chi connectivity index (χ4n) is 1.23. The number of fused-ring (bicyclic) bond motifs is 1. The summed E-state index contributed by atoms with van der Waals surface area (Å²) in [7, 11) is 0. The fraction of sp³-hybridized carbons (Fsp3) is 0.250. The van der Waals surface area contributed by atoms with E-state index in [4.69, 9.17) is 5.73 Å². The van der Waals surface area contributed by atoms with Gasteiger partial charge in [-0.15, -0.1) is 5.10 Å². The molecular formula is C8H9BrN4. The normalized spacial score (nSPS) is 10.9. The highest BCUT2D eigenvalue weighted by Gasteiger charge is 2.02. The molecular weight excluding hydrogens is 232 g/mol. The van der Waals surface area contributed by atoms with E-state index in [9.17, 15) is 0 Å². The van der Waals surface area contributed by atoms with Gasteiger partial charge in [-0.25, -0.2) is 4.68 Å². The quantitative estimate of drug-likeness (QED) is 0.858. The molecule has 2 N–H and O–H groups in total. The van der Waals surface area contributed by atoms with E-state index in [1.54, 1.807) is 4.68 Å².